The highest BCUT2D eigenvalue weighted by atomic mass is 32.1. The number of nitriles is 1. The Morgan fingerprint density at radius 1 is 1.12 bits per heavy atom. The molecule has 1 aromatic heterocycles. The monoisotopic (exact) mass is 845 g/mol. The van der Waals surface area contributed by atoms with E-state index in [0.717, 1.165) is 55.1 Å². The van der Waals surface area contributed by atoms with Crippen LogP contribution in [0.2, 0.25) is 0 Å². The Hall–Kier alpha value is -5.38. The molecule has 6 rings (SSSR count). The number of rotatable bonds is 12. The number of likely N-dealkylation sites (tertiary alicyclic amines) is 1. The Bertz CT molecular complexity index is 2210. The second-order valence-corrected chi connectivity index (χ2v) is 16.7. The van der Waals surface area contributed by atoms with Gasteiger partial charge in [-0.3, -0.25) is 34.3 Å². The van der Waals surface area contributed by atoms with Gasteiger partial charge in [0.1, 0.15) is 17.4 Å². The number of hydrogen-bond donors (Lipinski definition) is 3. The molecule has 0 saturated carbocycles. The van der Waals surface area contributed by atoms with Crippen molar-refractivity contribution in [2.75, 3.05) is 40.1 Å². The second-order valence-electron chi connectivity index (χ2n) is 15.4. The molecule has 3 N–H and O–H groups in total. The van der Waals surface area contributed by atoms with Gasteiger partial charge in [0, 0.05) is 23.5 Å². The number of halogens is 3. The number of carbonyl (C=O) groups excluding carboxylic acids is 4. The molecule has 0 bridgehead atoms. The number of piperidine rings is 2. The average Bonchev–Trinajstić information content (AvgIpc) is 3.37. The number of amides is 4. The van der Waals surface area contributed by atoms with Crippen molar-refractivity contribution in [3.63, 3.8) is 0 Å². The highest BCUT2D eigenvalue weighted by Crippen LogP contribution is 2.40. The average molecular weight is 846 g/mol. The topological polar surface area (TPSA) is 160 Å². The number of aromatic nitrogens is 1. The van der Waals surface area contributed by atoms with Gasteiger partial charge < -0.3 is 20.3 Å². The molecule has 18 heteroatoms. The number of aryl methyl sites for hydroxylation is 1. The molecule has 2 atom stereocenters. The van der Waals surface area contributed by atoms with Crippen molar-refractivity contribution in [1.82, 2.24) is 15.2 Å². The van der Waals surface area contributed by atoms with Gasteiger partial charge in [-0.2, -0.15) is 18.4 Å². The smallest absolute Gasteiger partial charge is 0.419 e. The Kier molecular flexibility index (Phi) is 12.5. The quantitative estimate of drug-likeness (QED) is 0.117. The highest BCUT2D eigenvalue weighted by Gasteiger charge is 2.51. The molecule has 59 heavy (non-hydrogen) atoms. The van der Waals surface area contributed by atoms with Gasteiger partial charge in [-0.1, -0.05) is 13.0 Å². The summed E-state index contributed by atoms with van der Waals surface area (Å²) in [7, 11) is 3.49. The van der Waals surface area contributed by atoms with E-state index >= 15 is 0 Å². The molecule has 3 aromatic rings. The molecular formula is C41H44F3N8O5SSi. The molecule has 3 fully saturated rings. The van der Waals surface area contributed by atoms with Crippen molar-refractivity contribution in [3.8, 4) is 11.8 Å². The molecule has 309 valence electrons. The lowest BCUT2D eigenvalue weighted by molar-refractivity contribution is -0.138. The summed E-state index contributed by atoms with van der Waals surface area (Å²) in [6.07, 6.45) is -0.146. The molecule has 4 heterocycles. The fourth-order valence-corrected chi connectivity index (χ4v) is 8.44. The van der Waals surface area contributed by atoms with E-state index in [0.29, 0.717) is 41.8 Å². The zero-order valence-electron chi connectivity index (χ0n) is 33.0. The highest BCUT2D eigenvalue weighted by molar-refractivity contribution is 7.81. The number of thiocarbonyl (C=S) groups is 1. The molecule has 13 nitrogen and oxygen atoms in total. The van der Waals surface area contributed by atoms with E-state index in [1.54, 1.807) is 49.1 Å². The van der Waals surface area contributed by atoms with Crippen molar-refractivity contribution < 1.29 is 37.1 Å². The first-order chi connectivity index (χ1) is 27.9. The number of hydrogen-bond acceptors (Lipinski definition) is 10. The Labute approximate surface area is 349 Å². The van der Waals surface area contributed by atoms with Crippen molar-refractivity contribution in [3.05, 3.63) is 71.5 Å². The Morgan fingerprint density at radius 2 is 1.83 bits per heavy atom. The minimum Gasteiger partial charge on any atom is -0.493 e. The minimum atomic E-state index is -4.86. The maximum absolute atomic E-state index is 13.7. The lowest BCUT2D eigenvalue weighted by atomic mass is 9.93. The van der Waals surface area contributed by atoms with Crippen LogP contribution in [-0.2, 0) is 31.8 Å². The molecule has 0 aliphatic carbocycles. The van der Waals surface area contributed by atoms with Crippen LogP contribution in [0.1, 0.15) is 76.6 Å². The van der Waals surface area contributed by atoms with E-state index < -0.39 is 39.9 Å². The van der Waals surface area contributed by atoms with E-state index in [1.807, 2.05) is 26.0 Å². The van der Waals surface area contributed by atoms with Crippen LogP contribution in [0.3, 0.4) is 0 Å². The lowest BCUT2D eigenvalue weighted by Crippen LogP contribution is -2.58. The zero-order chi connectivity index (χ0) is 42.9. The van der Waals surface area contributed by atoms with Crippen LogP contribution < -0.4 is 30.5 Å². The van der Waals surface area contributed by atoms with Gasteiger partial charge in [0.25, 0.3) is 5.91 Å². The largest absolute Gasteiger partial charge is 0.493 e. The maximum atomic E-state index is 13.7. The second kappa shape index (κ2) is 17.1. The first-order valence-electron chi connectivity index (χ1n) is 19.3. The number of anilines is 4. The summed E-state index contributed by atoms with van der Waals surface area (Å²) >= 11 is 5.69. The third-order valence-corrected chi connectivity index (χ3v) is 12.1. The number of nitrogens with zero attached hydrogens (tertiary/aromatic N) is 5. The molecule has 3 aliphatic rings. The minimum absolute atomic E-state index is 0.0187. The lowest BCUT2D eigenvalue weighted by Gasteiger charge is -2.35. The van der Waals surface area contributed by atoms with Crippen LogP contribution >= 0.6 is 12.2 Å². The molecule has 0 unspecified atom stereocenters. The SMILES string of the molecule is CCc1cc(N2C(=S)N(c3cnc(C#N)c(C(F)(F)F)c3)C(=O)C2(C)C)ccc1OCCC1CCN([C@@H](C)C(=O)Nc2cccc(N[C@]3([Si])CCC(=O)NC3=O)c2)CC1. The molecule has 0 spiro atoms. The number of alkyl halides is 3. The van der Waals surface area contributed by atoms with E-state index in [2.05, 4.69) is 36.1 Å². The summed E-state index contributed by atoms with van der Waals surface area (Å²) in [6.45, 7) is 9.09. The third kappa shape index (κ3) is 9.11. The molecule has 3 aliphatic heterocycles. The van der Waals surface area contributed by atoms with Gasteiger partial charge in [0.2, 0.25) is 17.7 Å². The van der Waals surface area contributed by atoms with Gasteiger partial charge in [-0.25, -0.2) is 4.98 Å². The number of nitrogens with one attached hydrogen (secondary N) is 3. The van der Waals surface area contributed by atoms with E-state index in [-0.39, 0.29) is 41.5 Å². The van der Waals surface area contributed by atoms with Gasteiger partial charge >= 0.3 is 6.18 Å². The van der Waals surface area contributed by atoms with Crippen LogP contribution in [0.5, 0.6) is 5.75 Å². The normalized spacial score (nSPS) is 20.6. The summed E-state index contributed by atoms with van der Waals surface area (Å²) in [6, 6.07) is 14.3. The number of carbonyl (C=O) groups is 4. The summed E-state index contributed by atoms with van der Waals surface area (Å²) in [4.78, 5) is 59.4. The molecule has 3 radical (unpaired) electrons. The number of pyridine rings is 1. The summed E-state index contributed by atoms with van der Waals surface area (Å²) in [5, 5.41) is 16.5. The van der Waals surface area contributed by atoms with Crippen LogP contribution in [-0.4, -0.2) is 85.3 Å². The van der Waals surface area contributed by atoms with Crippen LogP contribution in [0.15, 0.2) is 54.7 Å². The van der Waals surface area contributed by atoms with Crippen molar-refractivity contribution in [2.24, 2.45) is 5.92 Å². The fourth-order valence-electron chi connectivity index (χ4n) is 7.59. The zero-order valence-corrected chi connectivity index (χ0v) is 34.9. The number of benzene rings is 2. The van der Waals surface area contributed by atoms with E-state index in [1.165, 1.54) is 6.07 Å². The summed E-state index contributed by atoms with van der Waals surface area (Å²) in [5.41, 5.74) is -0.853. The third-order valence-electron chi connectivity index (χ3n) is 11.1. The molecule has 3 saturated heterocycles. The number of imide groups is 1. The van der Waals surface area contributed by atoms with E-state index in [4.69, 9.17) is 17.0 Å². The summed E-state index contributed by atoms with van der Waals surface area (Å²) < 4.78 is 47.5. The van der Waals surface area contributed by atoms with Gasteiger partial charge in [-0.05, 0) is 132 Å². The predicted octanol–water partition coefficient (Wildman–Crippen LogP) is 5.67. The Morgan fingerprint density at radius 3 is 2.49 bits per heavy atom. The van der Waals surface area contributed by atoms with E-state index in [9.17, 15) is 37.6 Å². The Balaban J connectivity index is 1.01. The standard InChI is InChI=1S/C41H44F3N8O5SSi/c1-5-26-19-29(52-38(58)51(37(56)39(52,3)4)30-21-31(41(42,43)44)32(22-45)46-23-30)9-10-33(26)57-18-14-25-12-16-50(17-13-25)24(2)35(54)47-27-7-6-8-28(20-27)49-40(59)15-11-34(53)48-36(40)55/h6-10,19-21,23-25,49H,5,11-18H2,1-4H3,(H,47,54)(H,48,53,55)/t24-,40-/m0/s1. The first kappa shape index (κ1) is 43.2. The van der Waals surface area contributed by atoms with Crippen LogP contribution in [0.25, 0.3) is 0 Å². The van der Waals surface area contributed by atoms with Crippen molar-refractivity contribution in [2.45, 2.75) is 89.1 Å². The van der Waals surface area contributed by atoms with Crippen LogP contribution in [0.4, 0.5) is 35.9 Å². The van der Waals surface area contributed by atoms with Crippen molar-refractivity contribution >= 4 is 74.0 Å². The van der Waals surface area contributed by atoms with Crippen LogP contribution in [0, 0.1) is 17.2 Å². The summed E-state index contributed by atoms with van der Waals surface area (Å²) in [5.74, 6) is -0.405. The van der Waals surface area contributed by atoms with Gasteiger partial charge in [0.05, 0.1) is 45.5 Å². The fraction of sp³-hybridized carbons (Fsp3) is 0.439. The predicted molar refractivity (Wildman–Crippen MR) is 220 cm³/mol. The molecular weight excluding hydrogens is 802 g/mol. The van der Waals surface area contributed by atoms with Crippen molar-refractivity contribution in [1.29, 1.82) is 5.26 Å². The molecule has 4 amide bonds. The number of ether oxygens (including phenoxy) is 1. The maximum Gasteiger partial charge on any atom is 0.419 e. The first-order valence-corrected chi connectivity index (χ1v) is 20.2. The van der Waals surface area contributed by atoms with Gasteiger partial charge in [-0.15, -0.1) is 0 Å². The molecule has 2 aromatic carbocycles. The van der Waals surface area contributed by atoms with Gasteiger partial charge in [0.15, 0.2) is 10.8 Å².